The first-order valence-corrected chi connectivity index (χ1v) is 6.63. The van der Waals surface area contributed by atoms with Crippen LogP contribution < -0.4 is 0 Å². The van der Waals surface area contributed by atoms with Crippen molar-refractivity contribution in [2.45, 2.75) is 45.4 Å². The second kappa shape index (κ2) is 21.2. The summed E-state index contributed by atoms with van der Waals surface area (Å²) < 4.78 is 10.1. The van der Waals surface area contributed by atoms with Crippen LogP contribution in [0.1, 0.15) is 45.4 Å². The van der Waals surface area contributed by atoms with Gasteiger partial charge in [-0.05, 0) is 45.4 Å². The van der Waals surface area contributed by atoms with Gasteiger partial charge in [0.1, 0.15) is 0 Å². The molecule has 0 radical (unpaired) electrons. The largest absolute Gasteiger partial charge is 0.400 e. The average Bonchev–Trinajstić information content (AvgIpc) is 2.46. The molecule has 0 unspecified atom stereocenters. The van der Waals surface area contributed by atoms with Crippen molar-refractivity contribution in [3.8, 4) is 0 Å². The van der Waals surface area contributed by atoms with Gasteiger partial charge in [-0.3, -0.25) is 0 Å². The molecule has 2 aliphatic heterocycles. The Morgan fingerprint density at radius 3 is 1.00 bits per heavy atom. The minimum absolute atomic E-state index is 0.250. The third kappa shape index (κ3) is 21.6. The summed E-state index contributed by atoms with van der Waals surface area (Å²) in [4.78, 5) is 0. The molecule has 2 fully saturated rings. The average molecular weight is 250 g/mol. The van der Waals surface area contributed by atoms with Gasteiger partial charge in [0.25, 0.3) is 0 Å². The van der Waals surface area contributed by atoms with Crippen LogP contribution in [-0.2, 0) is 9.47 Å². The molecule has 0 aromatic rings. The summed E-state index contributed by atoms with van der Waals surface area (Å²) in [5, 5.41) is 14.6. The number of aliphatic hydroxyl groups excluding tert-OH is 2. The first-order valence-electron chi connectivity index (χ1n) is 6.63. The summed E-state index contributed by atoms with van der Waals surface area (Å²) in [7, 11) is 1.00. The van der Waals surface area contributed by atoms with E-state index in [1.807, 2.05) is 0 Å². The highest BCUT2D eigenvalue weighted by Gasteiger charge is 1.95. The summed E-state index contributed by atoms with van der Waals surface area (Å²) in [6.07, 6.45) is 7.86. The topological polar surface area (TPSA) is 58.9 Å². The molecule has 2 rings (SSSR count). The van der Waals surface area contributed by atoms with Crippen molar-refractivity contribution in [2.75, 3.05) is 40.1 Å². The molecule has 0 aliphatic carbocycles. The second-order valence-corrected chi connectivity index (χ2v) is 3.66. The van der Waals surface area contributed by atoms with E-state index in [1.165, 1.54) is 38.5 Å². The van der Waals surface area contributed by atoms with Crippen LogP contribution in [0.2, 0.25) is 0 Å². The molecule has 4 heteroatoms. The molecule has 0 saturated carbocycles. The lowest BCUT2D eigenvalue weighted by Gasteiger charge is -2.08. The van der Waals surface area contributed by atoms with Crippen LogP contribution >= 0.6 is 0 Å². The Morgan fingerprint density at radius 1 is 0.706 bits per heavy atom. The first kappa shape index (κ1) is 19.2. The van der Waals surface area contributed by atoms with Gasteiger partial charge in [0.2, 0.25) is 0 Å². The van der Waals surface area contributed by atoms with Crippen LogP contribution in [0.5, 0.6) is 0 Å². The SMILES string of the molecule is C1CCOCC1.C1CCOCC1.CCO.CO. The van der Waals surface area contributed by atoms with Crippen molar-refractivity contribution < 1.29 is 19.7 Å². The van der Waals surface area contributed by atoms with Crippen LogP contribution in [0.4, 0.5) is 0 Å². The Balaban J connectivity index is 0. The lowest BCUT2D eigenvalue weighted by molar-refractivity contribution is 0.0967. The minimum atomic E-state index is 0.250. The van der Waals surface area contributed by atoms with Crippen LogP contribution in [0.3, 0.4) is 0 Å². The standard InChI is InChI=1S/2C5H10O.C2H6O.CH4O/c2*1-2-4-6-5-3-1;1-2-3;1-2/h2*1-5H2;3H,2H2,1H3;2H,1H3. The number of hydrogen-bond acceptors (Lipinski definition) is 4. The Bertz CT molecular complexity index is 66.6. The zero-order valence-corrected chi connectivity index (χ0v) is 11.5. The predicted octanol–water partition coefficient (Wildman–Crippen LogP) is 1.98. The summed E-state index contributed by atoms with van der Waals surface area (Å²) in [6.45, 7) is 5.93. The van der Waals surface area contributed by atoms with Gasteiger partial charge in [0, 0.05) is 40.1 Å². The lowest BCUT2D eigenvalue weighted by Crippen LogP contribution is -2.03. The Labute approximate surface area is 106 Å². The van der Waals surface area contributed by atoms with Crippen molar-refractivity contribution >= 4 is 0 Å². The van der Waals surface area contributed by atoms with Gasteiger partial charge in [0.15, 0.2) is 0 Å². The minimum Gasteiger partial charge on any atom is -0.400 e. The Kier molecular flexibility index (Phi) is 23.9. The maximum Gasteiger partial charge on any atom is 0.0466 e. The van der Waals surface area contributed by atoms with Gasteiger partial charge in [-0.1, -0.05) is 0 Å². The van der Waals surface area contributed by atoms with Gasteiger partial charge < -0.3 is 19.7 Å². The van der Waals surface area contributed by atoms with Gasteiger partial charge in [-0.2, -0.15) is 0 Å². The van der Waals surface area contributed by atoms with Crippen molar-refractivity contribution in [3.63, 3.8) is 0 Å². The maximum atomic E-state index is 7.57. The van der Waals surface area contributed by atoms with E-state index in [-0.39, 0.29) is 6.61 Å². The number of rotatable bonds is 0. The van der Waals surface area contributed by atoms with Gasteiger partial charge in [-0.25, -0.2) is 0 Å². The van der Waals surface area contributed by atoms with E-state index in [9.17, 15) is 0 Å². The molecule has 2 N–H and O–H groups in total. The third-order valence-electron chi connectivity index (χ3n) is 2.15. The normalized spacial score (nSPS) is 18.4. The van der Waals surface area contributed by atoms with E-state index in [2.05, 4.69) is 0 Å². The van der Waals surface area contributed by atoms with Crippen LogP contribution in [0.25, 0.3) is 0 Å². The van der Waals surface area contributed by atoms with Gasteiger partial charge >= 0.3 is 0 Å². The zero-order valence-electron chi connectivity index (χ0n) is 11.5. The summed E-state index contributed by atoms with van der Waals surface area (Å²) in [5.41, 5.74) is 0. The molecule has 106 valence electrons. The van der Waals surface area contributed by atoms with Crippen molar-refractivity contribution in [3.05, 3.63) is 0 Å². The molecule has 0 aromatic carbocycles. The fourth-order valence-electron chi connectivity index (χ4n) is 1.37. The first-order chi connectivity index (χ1) is 8.41. The molecule has 2 aliphatic rings. The highest BCUT2D eigenvalue weighted by molar-refractivity contribution is 4.45. The smallest absolute Gasteiger partial charge is 0.0466 e. The van der Waals surface area contributed by atoms with Crippen LogP contribution in [-0.4, -0.2) is 50.4 Å². The number of hydrogen-bond donors (Lipinski definition) is 2. The highest BCUT2D eigenvalue weighted by atomic mass is 16.5. The van der Waals surface area contributed by atoms with E-state index in [0.717, 1.165) is 33.5 Å². The van der Waals surface area contributed by atoms with Gasteiger partial charge in [-0.15, -0.1) is 0 Å². The molecule has 17 heavy (non-hydrogen) atoms. The highest BCUT2D eigenvalue weighted by Crippen LogP contribution is 2.02. The molecule has 0 spiro atoms. The summed E-state index contributed by atoms with van der Waals surface area (Å²) in [5.74, 6) is 0. The molecular formula is C13H30O4. The van der Waals surface area contributed by atoms with E-state index in [1.54, 1.807) is 6.92 Å². The zero-order chi connectivity index (χ0) is 13.2. The molecule has 0 atom stereocenters. The van der Waals surface area contributed by atoms with Crippen molar-refractivity contribution in [1.29, 1.82) is 0 Å². The Morgan fingerprint density at radius 2 is 0.941 bits per heavy atom. The fraction of sp³-hybridized carbons (Fsp3) is 1.00. The Hall–Kier alpha value is -0.160. The molecule has 0 amide bonds. The molecular weight excluding hydrogens is 220 g/mol. The van der Waals surface area contributed by atoms with E-state index < -0.39 is 0 Å². The predicted molar refractivity (Wildman–Crippen MR) is 70.2 cm³/mol. The van der Waals surface area contributed by atoms with E-state index in [4.69, 9.17) is 19.7 Å². The molecule has 2 saturated heterocycles. The molecule has 0 bridgehead atoms. The monoisotopic (exact) mass is 250 g/mol. The van der Waals surface area contributed by atoms with E-state index >= 15 is 0 Å². The quantitative estimate of drug-likeness (QED) is 0.690. The van der Waals surface area contributed by atoms with Crippen LogP contribution in [0, 0.1) is 0 Å². The maximum absolute atomic E-state index is 7.57. The third-order valence-corrected chi connectivity index (χ3v) is 2.15. The molecule has 0 aromatic heterocycles. The number of aliphatic hydroxyl groups is 2. The number of ether oxygens (including phenoxy) is 2. The fourth-order valence-corrected chi connectivity index (χ4v) is 1.37. The van der Waals surface area contributed by atoms with E-state index in [0.29, 0.717) is 0 Å². The second-order valence-electron chi connectivity index (χ2n) is 3.66. The van der Waals surface area contributed by atoms with Crippen molar-refractivity contribution in [1.82, 2.24) is 0 Å². The van der Waals surface area contributed by atoms with Gasteiger partial charge in [0.05, 0.1) is 0 Å². The molecule has 2 heterocycles. The summed E-state index contributed by atoms with van der Waals surface area (Å²) >= 11 is 0. The lowest BCUT2D eigenvalue weighted by atomic mass is 10.2. The summed E-state index contributed by atoms with van der Waals surface area (Å²) in [6, 6.07) is 0. The molecule has 4 nitrogen and oxygen atoms in total. The van der Waals surface area contributed by atoms with Crippen LogP contribution in [0.15, 0.2) is 0 Å². The van der Waals surface area contributed by atoms with Crippen molar-refractivity contribution in [2.24, 2.45) is 0 Å².